The highest BCUT2D eigenvalue weighted by Gasteiger charge is 2.74. The monoisotopic (exact) mass is 328 g/mol. The summed E-state index contributed by atoms with van der Waals surface area (Å²) in [6, 6.07) is 0. The second-order valence-corrected chi connectivity index (χ2v) is 3.59. The van der Waals surface area contributed by atoms with E-state index < -0.39 is 48.7 Å². The van der Waals surface area contributed by atoms with Gasteiger partial charge in [0.15, 0.2) is 0 Å². The van der Waals surface area contributed by atoms with E-state index in [2.05, 4.69) is 0 Å². The lowest BCUT2D eigenvalue weighted by Gasteiger charge is -2.33. The largest absolute Gasteiger partial charge is 0.431 e. The quantitative estimate of drug-likeness (QED) is 0.627. The molecule has 0 aliphatic heterocycles. The first-order valence-electron chi connectivity index (χ1n) is 4.42. The molecule has 0 rings (SSSR count). The molecule has 1 unspecified atom stereocenters. The van der Waals surface area contributed by atoms with E-state index in [0.717, 1.165) is 0 Å². The van der Waals surface area contributed by atoms with Crippen LogP contribution in [-0.2, 0) is 0 Å². The summed E-state index contributed by atoms with van der Waals surface area (Å²) in [5, 5.41) is 0. The standard InChI is InChI=1S/C8H4F12/c9-2-4(10)3(6(12,13)14)1-5(11,7(15,16)17)8(18,19)20/h2-3H,1H2/b4-2+. The van der Waals surface area contributed by atoms with Gasteiger partial charge in [0.1, 0.15) is 18.1 Å². The fourth-order valence-electron chi connectivity index (χ4n) is 1.12. The molecule has 12 heteroatoms. The van der Waals surface area contributed by atoms with Crippen LogP contribution >= 0.6 is 0 Å². The Bertz CT molecular complexity index is 341. The third-order valence-corrected chi connectivity index (χ3v) is 2.22. The lowest BCUT2D eigenvalue weighted by Crippen LogP contribution is -2.55. The van der Waals surface area contributed by atoms with Crippen LogP contribution in [0, 0.1) is 5.92 Å². The Balaban J connectivity index is 5.79. The maximum absolute atomic E-state index is 13.0. The van der Waals surface area contributed by atoms with Crippen LogP contribution < -0.4 is 0 Å². The molecule has 0 saturated carbocycles. The molecular formula is C8H4F12. The molecule has 0 aromatic carbocycles. The molecule has 0 saturated heterocycles. The Morgan fingerprint density at radius 3 is 1.35 bits per heavy atom. The van der Waals surface area contributed by atoms with Gasteiger partial charge in [0, 0.05) is 6.42 Å². The maximum Gasteiger partial charge on any atom is 0.431 e. The van der Waals surface area contributed by atoms with E-state index >= 15 is 0 Å². The minimum absolute atomic E-state index is 1.48. The maximum atomic E-state index is 13.0. The zero-order chi connectivity index (χ0) is 16.6. The molecule has 120 valence electrons. The van der Waals surface area contributed by atoms with Gasteiger partial charge in [-0.3, -0.25) is 0 Å². The fourth-order valence-corrected chi connectivity index (χ4v) is 1.12. The van der Waals surface area contributed by atoms with E-state index in [1.807, 2.05) is 0 Å². The van der Waals surface area contributed by atoms with Crippen LogP contribution in [0.25, 0.3) is 0 Å². The minimum Gasteiger partial charge on any atom is -0.224 e. The van der Waals surface area contributed by atoms with Gasteiger partial charge in [0.25, 0.3) is 5.67 Å². The Kier molecular flexibility index (Phi) is 5.06. The predicted octanol–water partition coefficient (Wildman–Crippen LogP) is 5.17. The van der Waals surface area contributed by atoms with Crippen molar-refractivity contribution < 1.29 is 52.7 Å². The van der Waals surface area contributed by atoms with Gasteiger partial charge >= 0.3 is 18.5 Å². The minimum atomic E-state index is -6.79. The second kappa shape index (κ2) is 5.35. The SMILES string of the molecule is F/C=C(/F)C(CC(F)(C(F)(F)F)C(F)(F)F)C(F)(F)F. The van der Waals surface area contributed by atoms with Crippen molar-refractivity contribution in [3.05, 3.63) is 12.2 Å². The molecule has 0 aromatic rings. The summed E-state index contributed by atoms with van der Waals surface area (Å²) in [7, 11) is 0. The number of alkyl halides is 10. The first-order valence-corrected chi connectivity index (χ1v) is 4.42. The van der Waals surface area contributed by atoms with Gasteiger partial charge in [-0.25, -0.2) is 13.2 Å². The highest BCUT2D eigenvalue weighted by atomic mass is 19.4. The van der Waals surface area contributed by atoms with Crippen LogP contribution in [0.15, 0.2) is 12.2 Å². The van der Waals surface area contributed by atoms with Gasteiger partial charge < -0.3 is 0 Å². The molecule has 0 fully saturated rings. The average Bonchev–Trinajstić information content (AvgIpc) is 2.19. The van der Waals surface area contributed by atoms with E-state index in [1.54, 1.807) is 0 Å². The summed E-state index contributed by atoms with van der Waals surface area (Å²) in [6.45, 7) is 0. The average molecular weight is 328 g/mol. The summed E-state index contributed by atoms with van der Waals surface area (Å²) < 4.78 is 146. The van der Waals surface area contributed by atoms with Crippen molar-refractivity contribution in [2.24, 2.45) is 5.92 Å². The van der Waals surface area contributed by atoms with Crippen molar-refractivity contribution in [1.29, 1.82) is 0 Å². The number of rotatable bonds is 3. The van der Waals surface area contributed by atoms with Crippen LogP contribution in [0.5, 0.6) is 0 Å². The number of halogens is 12. The second-order valence-electron chi connectivity index (χ2n) is 3.59. The van der Waals surface area contributed by atoms with Gasteiger partial charge in [0.05, 0.1) is 0 Å². The zero-order valence-electron chi connectivity index (χ0n) is 8.90. The Morgan fingerprint density at radius 2 is 1.15 bits per heavy atom. The van der Waals surface area contributed by atoms with Crippen LogP contribution in [0.3, 0.4) is 0 Å². The van der Waals surface area contributed by atoms with E-state index in [0.29, 0.717) is 0 Å². The smallest absolute Gasteiger partial charge is 0.224 e. The van der Waals surface area contributed by atoms with E-state index in [4.69, 9.17) is 0 Å². The Labute approximate surface area is 103 Å². The van der Waals surface area contributed by atoms with Gasteiger partial charge in [-0.05, 0) is 0 Å². The van der Waals surface area contributed by atoms with Crippen LogP contribution in [0.2, 0.25) is 0 Å². The van der Waals surface area contributed by atoms with E-state index in [1.165, 1.54) is 0 Å². The molecule has 0 spiro atoms. The van der Waals surface area contributed by atoms with Crippen LogP contribution in [0.4, 0.5) is 52.7 Å². The molecule has 0 aromatic heterocycles. The highest BCUT2D eigenvalue weighted by molar-refractivity contribution is 5.05. The van der Waals surface area contributed by atoms with Gasteiger partial charge in [0.2, 0.25) is 0 Å². The Morgan fingerprint density at radius 1 is 0.800 bits per heavy atom. The normalized spacial score (nSPS) is 17.3. The van der Waals surface area contributed by atoms with E-state index in [9.17, 15) is 52.7 Å². The zero-order valence-corrected chi connectivity index (χ0v) is 8.90. The van der Waals surface area contributed by atoms with Crippen molar-refractivity contribution in [3.8, 4) is 0 Å². The summed E-state index contributed by atoms with van der Waals surface area (Å²) in [5.74, 6) is -7.21. The summed E-state index contributed by atoms with van der Waals surface area (Å²) in [5.41, 5.74) is -6.33. The topological polar surface area (TPSA) is 0 Å². The lowest BCUT2D eigenvalue weighted by atomic mass is 9.89. The molecule has 0 amide bonds. The molecule has 0 bridgehead atoms. The molecule has 0 nitrogen and oxygen atoms in total. The third kappa shape index (κ3) is 3.72. The number of allylic oxidation sites excluding steroid dienone is 1. The molecule has 0 aliphatic rings. The predicted molar refractivity (Wildman–Crippen MR) is 40.4 cm³/mol. The lowest BCUT2D eigenvalue weighted by molar-refractivity contribution is -0.351. The molecule has 0 heterocycles. The molecule has 0 N–H and O–H groups in total. The number of hydrogen-bond acceptors (Lipinski definition) is 0. The van der Waals surface area contributed by atoms with Crippen LogP contribution in [-0.4, -0.2) is 24.2 Å². The highest BCUT2D eigenvalue weighted by Crippen LogP contribution is 2.52. The summed E-state index contributed by atoms with van der Waals surface area (Å²) >= 11 is 0. The third-order valence-electron chi connectivity index (χ3n) is 2.22. The van der Waals surface area contributed by atoms with Crippen molar-refractivity contribution in [3.63, 3.8) is 0 Å². The van der Waals surface area contributed by atoms with Crippen molar-refractivity contribution >= 4 is 0 Å². The van der Waals surface area contributed by atoms with Gasteiger partial charge in [-0.1, -0.05) is 0 Å². The van der Waals surface area contributed by atoms with Crippen LogP contribution in [0.1, 0.15) is 6.42 Å². The van der Waals surface area contributed by atoms with Gasteiger partial charge in [-0.2, -0.15) is 39.5 Å². The van der Waals surface area contributed by atoms with Crippen molar-refractivity contribution in [2.75, 3.05) is 0 Å². The molecule has 1 atom stereocenters. The fraction of sp³-hybridized carbons (Fsp3) is 0.750. The van der Waals surface area contributed by atoms with Gasteiger partial charge in [-0.15, -0.1) is 0 Å². The molecular weight excluding hydrogens is 324 g/mol. The summed E-state index contributed by atoms with van der Waals surface area (Å²) in [4.78, 5) is 0. The first kappa shape index (κ1) is 18.9. The molecule has 0 aliphatic carbocycles. The molecule has 0 radical (unpaired) electrons. The van der Waals surface area contributed by atoms with Crippen molar-refractivity contribution in [1.82, 2.24) is 0 Å². The number of hydrogen-bond donors (Lipinski definition) is 0. The Hall–Kier alpha value is -1.10. The first-order chi connectivity index (χ1) is 8.58. The molecule has 20 heavy (non-hydrogen) atoms. The summed E-state index contributed by atoms with van der Waals surface area (Å²) in [6.07, 6.45) is -24.5. The van der Waals surface area contributed by atoms with E-state index in [-0.39, 0.29) is 0 Å². The van der Waals surface area contributed by atoms with Crippen molar-refractivity contribution in [2.45, 2.75) is 30.6 Å².